The molecule has 4 bridgehead atoms. The number of carbonyl (C=O) groups excluding carboxylic acids is 1. The minimum atomic E-state index is -0.475. The molecule has 5 saturated carbocycles. The van der Waals surface area contributed by atoms with Crippen molar-refractivity contribution in [1.29, 1.82) is 0 Å². The van der Waals surface area contributed by atoms with Crippen LogP contribution in [0.5, 0.6) is 0 Å². The molecule has 7 rings (SSSR count). The number of hydrogen-bond donors (Lipinski definition) is 3. The van der Waals surface area contributed by atoms with E-state index < -0.39 is 5.60 Å². The molecule has 30 heavy (non-hydrogen) atoms. The van der Waals surface area contributed by atoms with Crippen molar-refractivity contribution in [2.75, 3.05) is 18.5 Å². The number of rotatable bonds is 5. The largest absolute Gasteiger partial charge is 0.390 e. The normalized spacial score (nSPS) is 37.9. The third kappa shape index (κ3) is 3.50. The predicted molar refractivity (Wildman–Crippen MR) is 111 cm³/mol. The van der Waals surface area contributed by atoms with Crippen molar-refractivity contribution in [3.8, 4) is 0 Å². The average Bonchev–Trinajstić information content (AvgIpc) is 3.55. The summed E-state index contributed by atoms with van der Waals surface area (Å²) in [5.74, 6) is 2.44. The molecular formula is C23H32N4O3. The van der Waals surface area contributed by atoms with Gasteiger partial charge in [0.15, 0.2) is 0 Å². The van der Waals surface area contributed by atoms with Crippen molar-refractivity contribution in [1.82, 2.24) is 15.3 Å². The van der Waals surface area contributed by atoms with Crippen LogP contribution >= 0.6 is 0 Å². The van der Waals surface area contributed by atoms with Crippen LogP contribution in [0.3, 0.4) is 0 Å². The van der Waals surface area contributed by atoms with Crippen LogP contribution in [0.25, 0.3) is 0 Å². The predicted octanol–water partition coefficient (Wildman–Crippen LogP) is 2.61. The summed E-state index contributed by atoms with van der Waals surface area (Å²) in [5, 5.41) is 17.6. The van der Waals surface area contributed by atoms with E-state index in [1.54, 1.807) is 6.20 Å². The standard InChI is InChI=1S/C23H32N4O3/c28-21(26-19-15-7-13-8-16(19)11-23(29,9-13)10-15)18-12-24-22(27-20(18)14-1-2-14)25-17-3-5-30-6-4-17/h12-17,19,29H,1-11H2,(H,26,28)(H,24,25,27). The number of ether oxygens (including phenoxy) is 1. The van der Waals surface area contributed by atoms with Crippen LogP contribution in [0.2, 0.25) is 0 Å². The smallest absolute Gasteiger partial charge is 0.254 e. The van der Waals surface area contributed by atoms with E-state index in [1.807, 2.05) is 0 Å². The number of hydrogen-bond acceptors (Lipinski definition) is 6. The molecule has 6 fully saturated rings. The molecule has 1 aliphatic heterocycles. The minimum Gasteiger partial charge on any atom is -0.390 e. The van der Waals surface area contributed by atoms with Gasteiger partial charge in [0, 0.05) is 37.4 Å². The summed E-state index contributed by atoms with van der Waals surface area (Å²) >= 11 is 0. The van der Waals surface area contributed by atoms with Crippen LogP contribution in [0.4, 0.5) is 5.95 Å². The molecular weight excluding hydrogens is 380 g/mol. The summed E-state index contributed by atoms with van der Waals surface area (Å²) in [6.07, 6.45) is 10.8. The summed E-state index contributed by atoms with van der Waals surface area (Å²) in [6, 6.07) is 0.519. The summed E-state index contributed by atoms with van der Waals surface area (Å²) in [4.78, 5) is 22.6. The lowest BCUT2D eigenvalue weighted by molar-refractivity contribution is -0.136. The minimum absolute atomic E-state index is 0.0287. The van der Waals surface area contributed by atoms with Crippen molar-refractivity contribution in [2.24, 2.45) is 17.8 Å². The quantitative estimate of drug-likeness (QED) is 0.688. The van der Waals surface area contributed by atoms with Gasteiger partial charge in [0.25, 0.3) is 5.91 Å². The zero-order valence-electron chi connectivity index (χ0n) is 17.5. The molecule has 3 N–H and O–H groups in total. The van der Waals surface area contributed by atoms with E-state index in [9.17, 15) is 9.90 Å². The zero-order valence-corrected chi connectivity index (χ0v) is 17.5. The summed E-state index contributed by atoms with van der Waals surface area (Å²) in [5.41, 5.74) is 1.07. The van der Waals surface area contributed by atoms with Crippen LogP contribution in [0.15, 0.2) is 6.20 Å². The Morgan fingerprint density at radius 2 is 1.83 bits per heavy atom. The topological polar surface area (TPSA) is 96.4 Å². The van der Waals surface area contributed by atoms with Gasteiger partial charge in [-0.15, -0.1) is 0 Å². The van der Waals surface area contributed by atoms with E-state index in [1.165, 1.54) is 0 Å². The second-order valence-electron chi connectivity index (χ2n) is 10.5. The van der Waals surface area contributed by atoms with Gasteiger partial charge < -0.3 is 20.5 Å². The molecule has 0 aromatic carbocycles. The molecule has 1 saturated heterocycles. The number of aliphatic hydroxyl groups is 1. The van der Waals surface area contributed by atoms with Crippen LogP contribution < -0.4 is 10.6 Å². The Labute approximate surface area is 177 Å². The van der Waals surface area contributed by atoms with Gasteiger partial charge in [-0.2, -0.15) is 0 Å². The molecule has 1 aromatic heterocycles. The van der Waals surface area contributed by atoms with Gasteiger partial charge in [-0.25, -0.2) is 9.97 Å². The Morgan fingerprint density at radius 3 is 2.50 bits per heavy atom. The van der Waals surface area contributed by atoms with Crippen molar-refractivity contribution < 1.29 is 14.6 Å². The van der Waals surface area contributed by atoms with Gasteiger partial charge >= 0.3 is 0 Å². The van der Waals surface area contributed by atoms with Crippen LogP contribution in [0, 0.1) is 17.8 Å². The second kappa shape index (κ2) is 7.16. The number of nitrogens with one attached hydrogen (secondary N) is 2. The molecule has 0 spiro atoms. The third-order valence-electron chi connectivity index (χ3n) is 8.12. The van der Waals surface area contributed by atoms with Crippen molar-refractivity contribution in [3.05, 3.63) is 17.5 Å². The average molecular weight is 413 g/mol. The molecule has 7 nitrogen and oxygen atoms in total. The highest BCUT2D eigenvalue weighted by Crippen LogP contribution is 2.55. The van der Waals surface area contributed by atoms with E-state index in [2.05, 4.69) is 15.6 Å². The Kier molecular flexibility index (Phi) is 4.53. The van der Waals surface area contributed by atoms with E-state index in [0.29, 0.717) is 41.2 Å². The van der Waals surface area contributed by atoms with E-state index in [-0.39, 0.29) is 11.9 Å². The first-order chi connectivity index (χ1) is 14.6. The first-order valence-electron chi connectivity index (χ1n) is 11.8. The molecule has 5 aliphatic carbocycles. The fourth-order valence-electron chi connectivity index (χ4n) is 6.78. The molecule has 1 aromatic rings. The second-order valence-corrected chi connectivity index (χ2v) is 10.5. The molecule has 162 valence electrons. The number of aromatic nitrogens is 2. The summed E-state index contributed by atoms with van der Waals surface area (Å²) in [6.45, 7) is 1.54. The highest BCUT2D eigenvalue weighted by Gasteiger charge is 2.55. The molecule has 0 radical (unpaired) electrons. The Hall–Kier alpha value is -1.73. The third-order valence-corrected chi connectivity index (χ3v) is 8.12. The zero-order chi connectivity index (χ0) is 20.3. The van der Waals surface area contributed by atoms with Crippen molar-refractivity contribution in [3.63, 3.8) is 0 Å². The van der Waals surface area contributed by atoms with Gasteiger partial charge in [-0.1, -0.05) is 0 Å². The first kappa shape index (κ1) is 19.0. The number of amides is 1. The van der Waals surface area contributed by atoms with Crippen LogP contribution in [0.1, 0.15) is 79.8 Å². The Morgan fingerprint density at radius 1 is 1.10 bits per heavy atom. The fraction of sp³-hybridized carbons (Fsp3) is 0.783. The highest BCUT2D eigenvalue weighted by molar-refractivity contribution is 5.95. The molecule has 2 heterocycles. The lowest BCUT2D eigenvalue weighted by Crippen LogP contribution is -2.61. The van der Waals surface area contributed by atoms with E-state index in [4.69, 9.17) is 9.72 Å². The van der Waals surface area contributed by atoms with Crippen LogP contribution in [-0.4, -0.2) is 51.9 Å². The van der Waals surface area contributed by atoms with Gasteiger partial charge in [0.2, 0.25) is 5.95 Å². The SMILES string of the molecule is O=C(NC1C2CC3CC1CC(O)(C3)C2)c1cnc(NC2CCOCC2)nc1C1CC1. The maximum atomic E-state index is 13.3. The lowest BCUT2D eigenvalue weighted by atomic mass is 9.52. The maximum Gasteiger partial charge on any atom is 0.254 e. The molecule has 7 heteroatoms. The first-order valence-corrected chi connectivity index (χ1v) is 11.8. The van der Waals surface area contributed by atoms with E-state index in [0.717, 1.165) is 76.7 Å². The van der Waals surface area contributed by atoms with Gasteiger partial charge in [0.1, 0.15) is 0 Å². The van der Waals surface area contributed by atoms with Gasteiger partial charge in [-0.3, -0.25) is 4.79 Å². The van der Waals surface area contributed by atoms with E-state index >= 15 is 0 Å². The highest BCUT2D eigenvalue weighted by atomic mass is 16.5. The summed E-state index contributed by atoms with van der Waals surface area (Å²) < 4.78 is 5.43. The van der Waals surface area contributed by atoms with Gasteiger partial charge in [-0.05, 0) is 75.5 Å². The monoisotopic (exact) mass is 412 g/mol. The lowest BCUT2D eigenvalue weighted by Gasteiger charge is -2.58. The molecule has 2 unspecified atom stereocenters. The maximum absolute atomic E-state index is 13.3. The Bertz CT molecular complexity index is 820. The van der Waals surface area contributed by atoms with Gasteiger partial charge in [0.05, 0.1) is 16.9 Å². The fourth-order valence-corrected chi connectivity index (χ4v) is 6.78. The molecule has 1 amide bonds. The van der Waals surface area contributed by atoms with Crippen LogP contribution in [-0.2, 0) is 4.74 Å². The molecule has 2 atom stereocenters. The molecule has 6 aliphatic rings. The number of anilines is 1. The summed E-state index contributed by atoms with van der Waals surface area (Å²) in [7, 11) is 0. The van der Waals surface area contributed by atoms with Crippen molar-refractivity contribution in [2.45, 2.75) is 81.4 Å². The number of carbonyl (C=O) groups is 1. The Balaban J connectivity index is 1.19. The number of nitrogens with zero attached hydrogens (tertiary/aromatic N) is 2. The van der Waals surface area contributed by atoms with Crippen molar-refractivity contribution >= 4 is 11.9 Å².